The fourth-order valence-electron chi connectivity index (χ4n) is 3.74. The molecule has 0 radical (unpaired) electrons. The zero-order chi connectivity index (χ0) is 17.2. The molecule has 0 spiro atoms. The van der Waals surface area contributed by atoms with Crippen molar-refractivity contribution in [1.82, 2.24) is 9.21 Å². The Morgan fingerprint density at radius 1 is 0.958 bits per heavy atom. The first kappa shape index (κ1) is 17.7. The number of hydrogen-bond donors (Lipinski definition) is 0. The summed E-state index contributed by atoms with van der Waals surface area (Å²) in [6.07, 6.45) is 4.41. The molecule has 1 aromatic rings. The number of sulfonamides is 1. The third-order valence-corrected chi connectivity index (χ3v) is 7.37. The zero-order valence-electron chi connectivity index (χ0n) is 14.6. The molecule has 0 amide bonds. The summed E-state index contributed by atoms with van der Waals surface area (Å²) in [4.78, 5) is 2.92. The summed E-state index contributed by atoms with van der Waals surface area (Å²) in [5.74, 6) is 1.50. The lowest BCUT2D eigenvalue weighted by Gasteiger charge is -2.41. The van der Waals surface area contributed by atoms with Crippen molar-refractivity contribution in [2.24, 2.45) is 5.92 Å². The van der Waals surface area contributed by atoms with Gasteiger partial charge in [-0.3, -0.25) is 0 Å². The molecule has 2 heterocycles. The average molecular weight is 353 g/mol. The van der Waals surface area contributed by atoms with Crippen molar-refractivity contribution < 1.29 is 13.2 Å². The second kappa shape index (κ2) is 7.42. The van der Waals surface area contributed by atoms with Gasteiger partial charge in [0.15, 0.2) is 0 Å². The van der Waals surface area contributed by atoms with Crippen molar-refractivity contribution in [3.05, 3.63) is 24.3 Å². The van der Waals surface area contributed by atoms with E-state index in [2.05, 4.69) is 11.8 Å². The summed E-state index contributed by atoms with van der Waals surface area (Å²) in [6, 6.07) is 7.21. The minimum Gasteiger partial charge on any atom is -0.497 e. The molecular formula is C18H28N2O3S. The third kappa shape index (κ3) is 3.76. The smallest absolute Gasteiger partial charge is 0.243 e. The minimum absolute atomic E-state index is 0.355. The Morgan fingerprint density at radius 2 is 1.54 bits per heavy atom. The molecule has 0 bridgehead atoms. The molecule has 0 saturated carbocycles. The van der Waals surface area contributed by atoms with Crippen molar-refractivity contribution in [2.75, 3.05) is 33.3 Å². The lowest BCUT2D eigenvalue weighted by molar-refractivity contribution is 0.101. The van der Waals surface area contributed by atoms with Crippen LogP contribution in [0.15, 0.2) is 29.2 Å². The highest BCUT2D eigenvalue weighted by Gasteiger charge is 2.32. The van der Waals surface area contributed by atoms with Gasteiger partial charge in [0.1, 0.15) is 5.75 Å². The third-order valence-electron chi connectivity index (χ3n) is 5.46. The van der Waals surface area contributed by atoms with Gasteiger partial charge in [0.05, 0.1) is 12.0 Å². The van der Waals surface area contributed by atoms with E-state index in [9.17, 15) is 8.42 Å². The van der Waals surface area contributed by atoms with E-state index in [4.69, 9.17) is 4.74 Å². The molecule has 2 fully saturated rings. The van der Waals surface area contributed by atoms with Crippen molar-refractivity contribution in [1.29, 1.82) is 0 Å². The lowest BCUT2D eigenvalue weighted by atomic mass is 9.95. The number of ether oxygens (including phenoxy) is 1. The van der Waals surface area contributed by atoms with Crippen LogP contribution in [0.2, 0.25) is 0 Å². The molecule has 0 aromatic heterocycles. The summed E-state index contributed by atoms with van der Waals surface area (Å²) < 4.78 is 32.3. The van der Waals surface area contributed by atoms with Gasteiger partial charge >= 0.3 is 0 Å². The van der Waals surface area contributed by atoms with E-state index in [1.54, 1.807) is 35.7 Å². The van der Waals surface area contributed by atoms with E-state index < -0.39 is 10.0 Å². The normalized spacial score (nSPS) is 22.6. The van der Waals surface area contributed by atoms with Crippen LogP contribution in [0.5, 0.6) is 5.75 Å². The van der Waals surface area contributed by atoms with Crippen LogP contribution in [0.1, 0.15) is 32.6 Å². The van der Waals surface area contributed by atoms with E-state index in [1.165, 1.54) is 12.8 Å². The first-order valence-electron chi connectivity index (χ1n) is 8.89. The van der Waals surface area contributed by atoms with Crippen LogP contribution in [0.3, 0.4) is 0 Å². The topological polar surface area (TPSA) is 49.9 Å². The molecule has 0 N–H and O–H groups in total. The molecule has 2 aliphatic rings. The quantitative estimate of drug-likeness (QED) is 0.836. The van der Waals surface area contributed by atoms with E-state index in [-0.39, 0.29) is 0 Å². The number of benzene rings is 1. The van der Waals surface area contributed by atoms with Crippen LogP contribution < -0.4 is 4.74 Å². The van der Waals surface area contributed by atoms with Gasteiger partial charge in [-0.2, -0.15) is 4.31 Å². The average Bonchev–Trinajstić information content (AvgIpc) is 2.62. The first-order valence-corrected chi connectivity index (χ1v) is 10.3. The number of nitrogens with zero attached hydrogens (tertiary/aromatic N) is 2. The number of methoxy groups -OCH3 is 1. The predicted molar refractivity (Wildman–Crippen MR) is 94.7 cm³/mol. The lowest BCUT2D eigenvalue weighted by Crippen LogP contribution is -2.48. The molecule has 5 nitrogen and oxygen atoms in total. The fraction of sp³-hybridized carbons (Fsp3) is 0.667. The van der Waals surface area contributed by atoms with Crippen LogP contribution in [0.4, 0.5) is 0 Å². The molecule has 2 aliphatic heterocycles. The Balaban J connectivity index is 1.60. The fourth-order valence-corrected chi connectivity index (χ4v) is 5.21. The molecule has 0 atom stereocenters. The van der Waals surface area contributed by atoms with E-state index in [1.807, 2.05) is 0 Å². The van der Waals surface area contributed by atoms with Crippen molar-refractivity contribution >= 4 is 10.0 Å². The Hall–Kier alpha value is -1.11. The minimum atomic E-state index is -3.39. The van der Waals surface area contributed by atoms with Crippen LogP contribution >= 0.6 is 0 Å². The highest BCUT2D eigenvalue weighted by molar-refractivity contribution is 7.89. The molecule has 134 valence electrons. The molecule has 0 aliphatic carbocycles. The van der Waals surface area contributed by atoms with Crippen LogP contribution in [0.25, 0.3) is 0 Å². The SMILES string of the molecule is COc1ccc(S(=O)(=O)N2CCC(N3CCC(C)CC3)CC2)cc1. The number of likely N-dealkylation sites (tertiary alicyclic amines) is 1. The maximum absolute atomic E-state index is 12.8. The number of rotatable bonds is 4. The Kier molecular flexibility index (Phi) is 5.47. The van der Waals surface area contributed by atoms with E-state index in [0.29, 0.717) is 29.8 Å². The van der Waals surface area contributed by atoms with Gasteiger partial charge in [-0.1, -0.05) is 6.92 Å². The number of piperidine rings is 2. The van der Waals surface area contributed by atoms with Gasteiger partial charge in [-0.05, 0) is 69.0 Å². The van der Waals surface area contributed by atoms with Crippen molar-refractivity contribution in [2.45, 2.75) is 43.5 Å². The van der Waals surface area contributed by atoms with Gasteiger partial charge in [-0.25, -0.2) is 8.42 Å². The van der Waals surface area contributed by atoms with Gasteiger partial charge in [0, 0.05) is 19.1 Å². The zero-order valence-corrected chi connectivity index (χ0v) is 15.5. The van der Waals surface area contributed by atoms with Crippen molar-refractivity contribution in [3.63, 3.8) is 0 Å². The summed E-state index contributed by atoms with van der Waals surface area (Å²) >= 11 is 0. The summed E-state index contributed by atoms with van der Waals surface area (Å²) in [5.41, 5.74) is 0. The van der Waals surface area contributed by atoms with Crippen LogP contribution in [-0.4, -0.2) is 57.0 Å². The van der Waals surface area contributed by atoms with Gasteiger partial charge < -0.3 is 9.64 Å². The Bertz CT molecular complexity index is 629. The maximum Gasteiger partial charge on any atom is 0.243 e. The molecule has 1 aromatic carbocycles. The maximum atomic E-state index is 12.8. The van der Waals surface area contributed by atoms with Gasteiger partial charge in [-0.15, -0.1) is 0 Å². The summed E-state index contributed by atoms with van der Waals surface area (Å²) in [6.45, 7) is 5.88. The second-order valence-corrected chi connectivity index (χ2v) is 8.97. The second-order valence-electron chi connectivity index (χ2n) is 7.03. The van der Waals surface area contributed by atoms with Gasteiger partial charge in [0.25, 0.3) is 0 Å². The van der Waals surface area contributed by atoms with Crippen LogP contribution in [-0.2, 0) is 10.0 Å². The Labute approximate surface area is 145 Å². The van der Waals surface area contributed by atoms with E-state index in [0.717, 1.165) is 31.8 Å². The molecule has 24 heavy (non-hydrogen) atoms. The molecule has 0 unspecified atom stereocenters. The van der Waals surface area contributed by atoms with Crippen LogP contribution in [0, 0.1) is 5.92 Å². The monoisotopic (exact) mass is 352 g/mol. The predicted octanol–water partition coefficient (Wildman–Crippen LogP) is 2.58. The summed E-state index contributed by atoms with van der Waals surface area (Å²) in [7, 11) is -1.81. The van der Waals surface area contributed by atoms with Gasteiger partial charge in [0.2, 0.25) is 10.0 Å². The number of hydrogen-bond acceptors (Lipinski definition) is 4. The molecule has 6 heteroatoms. The Morgan fingerprint density at radius 3 is 2.08 bits per heavy atom. The highest BCUT2D eigenvalue weighted by atomic mass is 32.2. The van der Waals surface area contributed by atoms with E-state index >= 15 is 0 Å². The highest BCUT2D eigenvalue weighted by Crippen LogP contribution is 2.27. The largest absolute Gasteiger partial charge is 0.497 e. The first-order chi connectivity index (χ1) is 11.5. The molecule has 2 saturated heterocycles. The summed E-state index contributed by atoms with van der Waals surface area (Å²) in [5, 5.41) is 0. The molecular weight excluding hydrogens is 324 g/mol. The standard InChI is InChI=1S/C18H28N2O3S/c1-15-7-11-19(12-8-15)16-9-13-20(14-10-16)24(21,22)18-5-3-17(23-2)4-6-18/h3-6,15-16H,7-14H2,1-2H3. The molecule has 3 rings (SSSR count). The van der Waals surface area contributed by atoms with Crippen molar-refractivity contribution in [3.8, 4) is 5.75 Å².